The molecule has 1 aromatic carbocycles. The van der Waals surface area contributed by atoms with Crippen LogP contribution in [0.25, 0.3) is 10.2 Å². The Balaban J connectivity index is 1.39. The van der Waals surface area contributed by atoms with E-state index in [0.717, 1.165) is 74.3 Å². The second-order valence-corrected chi connectivity index (χ2v) is 7.44. The Labute approximate surface area is 151 Å². The summed E-state index contributed by atoms with van der Waals surface area (Å²) < 4.78 is 6.64. The topological polar surface area (TPSA) is 58.3 Å². The van der Waals surface area contributed by atoms with Gasteiger partial charge in [0.15, 0.2) is 11.0 Å². The van der Waals surface area contributed by atoms with Crippen molar-refractivity contribution >= 4 is 26.7 Å². The van der Waals surface area contributed by atoms with E-state index in [1.165, 1.54) is 4.70 Å². The number of hydrogen-bond donors (Lipinski definition) is 0. The van der Waals surface area contributed by atoms with E-state index in [0.29, 0.717) is 0 Å². The number of aromatic nitrogens is 3. The molecule has 1 fully saturated rings. The normalized spacial score (nSPS) is 16.4. The molecule has 1 aliphatic rings. The van der Waals surface area contributed by atoms with Crippen molar-refractivity contribution in [3.63, 3.8) is 0 Å². The van der Waals surface area contributed by atoms with Gasteiger partial charge < -0.3 is 9.42 Å². The Morgan fingerprint density at radius 3 is 2.92 bits per heavy atom. The highest BCUT2D eigenvalue weighted by Crippen LogP contribution is 2.29. The third kappa shape index (κ3) is 3.82. The minimum absolute atomic E-state index is 0.733. The minimum Gasteiger partial charge on any atom is -0.347 e. The van der Waals surface area contributed by atoms with Crippen LogP contribution in [0.15, 0.2) is 28.8 Å². The minimum atomic E-state index is 0.733. The van der Waals surface area contributed by atoms with Crippen molar-refractivity contribution in [2.45, 2.75) is 32.7 Å². The first-order valence-corrected chi connectivity index (χ1v) is 9.78. The lowest BCUT2D eigenvalue weighted by Crippen LogP contribution is -2.30. The number of anilines is 1. The van der Waals surface area contributed by atoms with Gasteiger partial charge in [0.2, 0.25) is 5.89 Å². The number of nitrogens with zero attached hydrogens (tertiary/aromatic N) is 5. The fraction of sp³-hybridized carbons (Fsp3) is 0.500. The maximum atomic E-state index is 5.39. The average Bonchev–Trinajstić information content (AvgIpc) is 3.17. The van der Waals surface area contributed by atoms with E-state index in [1.807, 2.05) is 6.07 Å². The van der Waals surface area contributed by atoms with Crippen LogP contribution < -0.4 is 4.90 Å². The van der Waals surface area contributed by atoms with Gasteiger partial charge in [0, 0.05) is 32.6 Å². The molecule has 0 saturated carbocycles. The zero-order valence-corrected chi connectivity index (χ0v) is 15.3. The second kappa shape index (κ2) is 7.49. The summed E-state index contributed by atoms with van der Waals surface area (Å²) in [6.45, 7) is 6.93. The lowest BCUT2D eigenvalue weighted by molar-refractivity contribution is 0.239. The molecule has 2 aromatic heterocycles. The van der Waals surface area contributed by atoms with Gasteiger partial charge in [-0.15, -0.1) is 0 Å². The molecule has 0 radical (unpaired) electrons. The number of benzene rings is 1. The van der Waals surface area contributed by atoms with Crippen LogP contribution in [0.3, 0.4) is 0 Å². The molecule has 0 spiro atoms. The number of hydrogen-bond acceptors (Lipinski definition) is 7. The van der Waals surface area contributed by atoms with Gasteiger partial charge in [-0.1, -0.05) is 35.5 Å². The van der Waals surface area contributed by atoms with Crippen LogP contribution in [0.4, 0.5) is 5.13 Å². The molecule has 3 heterocycles. The summed E-state index contributed by atoms with van der Waals surface area (Å²) in [6, 6.07) is 8.35. The molecule has 3 aromatic rings. The van der Waals surface area contributed by atoms with Crippen molar-refractivity contribution in [1.82, 2.24) is 20.0 Å². The molecule has 0 aliphatic carbocycles. The molecule has 4 rings (SSSR count). The number of aryl methyl sites for hydroxylation is 1. The van der Waals surface area contributed by atoms with Gasteiger partial charge in [0.1, 0.15) is 0 Å². The average molecular weight is 357 g/mol. The SMILES string of the molecule is CCCc1noc(CN2CCCN(c3nc4ccccc4s3)CC2)n1. The monoisotopic (exact) mass is 357 g/mol. The molecule has 1 aliphatic heterocycles. The fourth-order valence-electron chi connectivity index (χ4n) is 3.19. The molecule has 7 heteroatoms. The Hall–Kier alpha value is -1.99. The smallest absolute Gasteiger partial charge is 0.240 e. The maximum Gasteiger partial charge on any atom is 0.240 e. The van der Waals surface area contributed by atoms with Gasteiger partial charge in [0.05, 0.1) is 16.8 Å². The van der Waals surface area contributed by atoms with Crippen LogP contribution in [0.1, 0.15) is 31.5 Å². The van der Waals surface area contributed by atoms with Crippen LogP contribution in [-0.2, 0) is 13.0 Å². The third-order valence-corrected chi connectivity index (χ3v) is 5.58. The molecule has 25 heavy (non-hydrogen) atoms. The van der Waals surface area contributed by atoms with E-state index in [1.54, 1.807) is 11.3 Å². The first kappa shape index (κ1) is 16.5. The molecule has 0 amide bonds. The molecule has 1 saturated heterocycles. The highest BCUT2D eigenvalue weighted by Gasteiger charge is 2.19. The van der Waals surface area contributed by atoms with Gasteiger partial charge in [-0.3, -0.25) is 4.90 Å². The fourth-order valence-corrected chi connectivity index (χ4v) is 4.20. The van der Waals surface area contributed by atoms with Crippen LogP contribution in [-0.4, -0.2) is 46.2 Å². The lowest BCUT2D eigenvalue weighted by Gasteiger charge is -2.20. The Morgan fingerprint density at radius 1 is 1.12 bits per heavy atom. The van der Waals surface area contributed by atoms with E-state index in [-0.39, 0.29) is 0 Å². The molecule has 0 unspecified atom stereocenters. The lowest BCUT2D eigenvalue weighted by atomic mass is 10.3. The first-order valence-electron chi connectivity index (χ1n) is 8.96. The Bertz CT molecular complexity index is 797. The molecule has 0 bridgehead atoms. The van der Waals surface area contributed by atoms with Crippen LogP contribution >= 0.6 is 11.3 Å². The highest BCUT2D eigenvalue weighted by atomic mass is 32.1. The number of thiazole rings is 1. The van der Waals surface area contributed by atoms with E-state index >= 15 is 0 Å². The van der Waals surface area contributed by atoms with Crippen LogP contribution in [0, 0.1) is 0 Å². The quantitative estimate of drug-likeness (QED) is 0.698. The van der Waals surface area contributed by atoms with Crippen molar-refractivity contribution in [3.05, 3.63) is 36.0 Å². The van der Waals surface area contributed by atoms with Crippen molar-refractivity contribution < 1.29 is 4.52 Å². The first-order chi connectivity index (χ1) is 12.3. The van der Waals surface area contributed by atoms with Gasteiger partial charge in [0.25, 0.3) is 0 Å². The molecular formula is C18H23N5OS. The highest BCUT2D eigenvalue weighted by molar-refractivity contribution is 7.22. The molecule has 0 N–H and O–H groups in total. The van der Waals surface area contributed by atoms with Crippen molar-refractivity contribution in [2.24, 2.45) is 0 Å². The summed E-state index contributed by atoms with van der Waals surface area (Å²) in [5.74, 6) is 1.56. The molecular weight excluding hydrogens is 334 g/mol. The maximum absolute atomic E-state index is 5.39. The van der Waals surface area contributed by atoms with Gasteiger partial charge in [-0.25, -0.2) is 4.98 Å². The summed E-state index contributed by atoms with van der Waals surface area (Å²) >= 11 is 1.78. The van der Waals surface area contributed by atoms with Gasteiger partial charge >= 0.3 is 0 Å². The predicted octanol–water partition coefficient (Wildman–Crippen LogP) is 3.34. The number of fused-ring (bicyclic) bond motifs is 1. The van der Waals surface area contributed by atoms with E-state index in [4.69, 9.17) is 9.51 Å². The zero-order valence-electron chi connectivity index (χ0n) is 14.5. The van der Waals surface area contributed by atoms with Crippen molar-refractivity contribution in [1.29, 1.82) is 0 Å². The summed E-state index contributed by atoms with van der Waals surface area (Å²) in [7, 11) is 0. The van der Waals surface area contributed by atoms with Gasteiger partial charge in [-0.2, -0.15) is 4.98 Å². The van der Waals surface area contributed by atoms with Crippen molar-refractivity contribution in [2.75, 3.05) is 31.1 Å². The van der Waals surface area contributed by atoms with Crippen LogP contribution in [0.2, 0.25) is 0 Å². The summed E-state index contributed by atoms with van der Waals surface area (Å²) in [5.41, 5.74) is 1.10. The molecule has 132 valence electrons. The standard InChI is InChI=1S/C18H23N5OS/c1-2-6-16-20-17(24-21-16)13-22-9-5-10-23(12-11-22)18-19-14-7-3-4-8-15(14)25-18/h3-4,7-8H,2,5-6,9-13H2,1H3. The second-order valence-electron chi connectivity index (χ2n) is 6.44. The largest absolute Gasteiger partial charge is 0.347 e. The molecule has 0 atom stereocenters. The summed E-state index contributed by atoms with van der Waals surface area (Å²) in [4.78, 5) is 14.1. The van der Waals surface area contributed by atoms with Crippen molar-refractivity contribution in [3.8, 4) is 0 Å². The summed E-state index contributed by atoms with van der Waals surface area (Å²) in [6.07, 6.45) is 3.04. The summed E-state index contributed by atoms with van der Waals surface area (Å²) in [5, 5.41) is 5.18. The molecule has 6 nitrogen and oxygen atoms in total. The number of rotatable bonds is 5. The zero-order chi connectivity index (χ0) is 17.1. The van der Waals surface area contributed by atoms with E-state index < -0.39 is 0 Å². The third-order valence-electron chi connectivity index (χ3n) is 4.48. The Morgan fingerprint density at radius 2 is 2.04 bits per heavy atom. The Kier molecular flexibility index (Phi) is 4.94. The van der Waals surface area contributed by atoms with Crippen LogP contribution in [0.5, 0.6) is 0 Å². The van der Waals surface area contributed by atoms with Gasteiger partial charge in [-0.05, 0) is 25.0 Å². The number of para-hydroxylation sites is 1. The van der Waals surface area contributed by atoms with E-state index in [9.17, 15) is 0 Å². The van der Waals surface area contributed by atoms with E-state index in [2.05, 4.69) is 45.1 Å². The predicted molar refractivity (Wildman–Crippen MR) is 100 cm³/mol.